The van der Waals surface area contributed by atoms with Crippen LogP contribution < -0.4 is 5.32 Å². The predicted molar refractivity (Wildman–Crippen MR) is 57.1 cm³/mol. The molecule has 0 aromatic carbocycles. The Morgan fingerprint density at radius 3 is 2.80 bits per heavy atom. The number of carbonyl (C=O) groups is 1. The number of hydrogen-bond acceptors (Lipinski definition) is 3. The second-order valence-corrected chi connectivity index (χ2v) is 5.16. The highest BCUT2D eigenvalue weighted by atomic mass is 16.2. The molecule has 2 saturated heterocycles. The first-order valence-electron chi connectivity index (χ1n) is 5.99. The van der Waals surface area contributed by atoms with Gasteiger partial charge < -0.3 is 5.32 Å². The first-order chi connectivity index (χ1) is 7.23. The number of nitrogens with zero attached hydrogens (tertiary/aromatic N) is 2. The minimum absolute atomic E-state index is 0.231. The Hall–Kier alpha value is -0.610. The van der Waals surface area contributed by atoms with Crippen LogP contribution in [0.2, 0.25) is 0 Å². The van der Waals surface area contributed by atoms with E-state index in [0.717, 1.165) is 25.9 Å². The van der Waals surface area contributed by atoms with Crippen LogP contribution in [0.5, 0.6) is 0 Å². The van der Waals surface area contributed by atoms with Gasteiger partial charge in [0.2, 0.25) is 5.91 Å². The number of piperidine rings is 1. The molecule has 84 valence electrons. The zero-order chi connectivity index (χ0) is 10.5. The van der Waals surface area contributed by atoms with Gasteiger partial charge in [-0.05, 0) is 32.2 Å². The molecule has 1 N–H and O–H groups in total. The van der Waals surface area contributed by atoms with Crippen molar-refractivity contribution >= 4 is 5.91 Å². The molecule has 3 rings (SSSR count). The zero-order valence-corrected chi connectivity index (χ0v) is 9.33. The van der Waals surface area contributed by atoms with Gasteiger partial charge in [0.15, 0.2) is 0 Å². The molecule has 0 aromatic heterocycles. The van der Waals surface area contributed by atoms with Crippen LogP contribution in [0.3, 0.4) is 0 Å². The molecule has 1 unspecified atom stereocenters. The summed E-state index contributed by atoms with van der Waals surface area (Å²) in [5.41, 5.74) is 0.231. The number of nitrogens with one attached hydrogen (secondary N) is 1. The highest BCUT2D eigenvalue weighted by Gasteiger charge is 2.57. The van der Waals surface area contributed by atoms with Crippen LogP contribution >= 0.6 is 0 Å². The van der Waals surface area contributed by atoms with E-state index < -0.39 is 0 Å². The molecule has 1 spiro atoms. The van der Waals surface area contributed by atoms with E-state index in [9.17, 15) is 4.79 Å². The fourth-order valence-corrected chi connectivity index (χ4v) is 3.01. The highest BCUT2D eigenvalue weighted by molar-refractivity contribution is 5.80. The van der Waals surface area contributed by atoms with E-state index in [2.05, 4.69) is 17.4 Å². The lowest BCUT2D eigenvalue weighted by molar-refractivity contribution is -0.143. The Morgan fingerprint density at radius 1 is 1.47 bits per heavy atom. The molecular weight excluding hydrogens is 190 g/mol. The lowest BCUT2D eigenvalue weighted by atomic mass is 10.1. The third-order valence-electron chi connectivity index (χ3n) is 4.19. The summed E-state index contributed by atoms with van der Waals surface area (Å²) >= 11 is 0. The van der Waals surface area contributed by atoms with Gasteiger partial charge >= 0.3 is 0 Å². The number of hydrazine groups is 1. The molecule has 4 heteroatoms. The number of amides is 1. The summed E-state index contributed by atoms with van der Waals surface area (Å²) in [4.78, 5) is 12.0. The van der Waals surface area contributed by atoms with Crippen molar-refractivity contribution in [2.75, 3.05) is 20.1 Å². The first-order valence-corrected chi connectivity index (χ1v) is 5.99. The largest absolute Gasteiger partial charge is 0.315 e. The van der Waals surface area contributed by atoms with Gasteiger partial charge in [-0.1, -0.05) is 0 Å². The average Bonchev–Trinajstić information content (AvgIpc) is 2.95. The van der Waals surface area contributed by atoms with Gasteiger partial charge in [0.25, 0.3) is 0 Å². The second-order valence-electron chi connectivity index (χ2n) is 5.16. The third kappa shape index (κ3) is 1.39. The van der Waals surface area contributed by atoms with E-state index >= 15 is 0 Å². The van der Waals surface area contributed by atoms with Gasteiger partial charge in [-0.3, -0.25) is 9.80 Å². The van der Waals surface area contributed by atoms with Crippen molar-refractivity contribution in [3.05, 3.63) is 0 Å². The summed E-state index contributed by atoms with van der Waals surface area (Å²) in [6.07, 6.45) is 5.49. The van der Waals surface area contributed by atoms with Crippen LogP contribution in [0.15, 0.2) is 0 Å². The van der Waals surface area contributed by atoms with Gasteiger partial charge in [-0.15, -0.1) is 0 Å². The van der Waals surface area contributed by atoms with Crippen molar-refractivity contribution in [2.45, 2.75) is 43.7 Å². The quantitative estimate of drug-likeness (QED) is 0.677. The van der Waals surface area contributed by atoms with Gasteiger partial charge in [-0.25, -0.2) is 5.01 Å². The second kappa shape index (κ2) is 3.19. The molecule has 1 atom stereocenters. The highest BCUT2D eigenvalue weighted by Crippen LogP contribution is 2.49. The minimum Gasteiger partial charge on any atom is -0.315 e. The van der Waals surface area contributed by atoms with Crippen LogP contribution in [0.25, 0.3) is 0 Å². The fourth-order valence-electron chi connectivity index (χ4n) is 3.01. The molecule has 1 aliphatic carbocycles. The van der Waals surface area contributed by atoms with E-state index in [1.165, 1.54) is 19.3 Å². The van der Waals surface area contributed by atoms with Crippen LogP contribution in [0.1, 0.15) is 32.1 Å². The van der Waals surface area contributed by atoms with Crippen molar-refractivity contribution in [1.82, 2.24) is 15.3 Å². The van der Waals surface area contributed by atoms with Crippen molar-refractivity contribution in [2.24, 2.45) is 0 Å². The summed E-state index contributed by atoms with van der Waals surface area (Å²) in [5, 5.41) is 7.64. The van der Waals surface area contributed by atoms with Crippen molar-refractivity contribution < 1.29 is 4.79 Å². The smallest absolute Gasteiger partial charge is 0.239 e. The van der Waals surface area contributed by atoms with Gasteiger partial charge in [0.1, 0.15) is 0 Å². The molecule has 1 amide bonds. The normalized spacial score (nSPS) is 35.1. The van der Waals surface area contributed by atoms with E-state index in [1.54, 1.807) is 0 Å². The summed E-state index contributed by atoms with van der Waals surface area (Å²) < 4.78 is 0. The molecular formula is C11H19N3O. The van der Waals surface area contributed by atoms with Crippen molar-refractivity contribution in [3.63, 3.8) is 0 Å². The maximum atomic E-state index is 12.0. The van der Waals surface area contributed by atoms with Crippen LogP contribution in [0.4, 0.5) is 0 Å². The van der Waals surface area contributed by atoms with Crippen LogP contribution in [-0.2, 0) is 4.79 Å². The van der Waals surface area contributed by atoms with Gasteiger partial charge in [0.05, 0.1) is 6.04 Å². The molecule has 3 fully saturated rings. The Balaban J connectivity index is 1.76. The lowest BCUT2D eigenvalue weighted by Gasteiger charge is -2.37. The topological polar surface area (TPSA) is 35.6 Å². The van der Waals surface area contributed by atoms with Gasteiger partial charge in [-0.2, -0.15) is 0 Å². The number of carbonyl (C=O) groups excluding carboxylic acids is 1. The molecule has 0 aromatic rings. The molecule has 2 heterocycles. The van der Waals surface area contributed by atoms with E-state index in [4.69, 9.17) is 0 Å². The molecule has 0 radical (unpaired) electrons. The average molecular weight is 209 g/mol. The molecule has 3 aliphatic rings. The monoisotopic (exact) mass is 209 g/mol. The Labute approximate surface area is 90.6 Å². The lowest BCUT2D eigenvalue weighted by Crippen LogP contribution is -2.52. The van der Waals surface area contributed by atoms with Crippen LogP contribution in [0, 0.1) is 0 Å². The minimum atomic E-state index is 0.231. The van der Waals surface area contributed by atoms with Crippen molar-refractivity contribution in [1.29, 1.82) is 0 Å². The summed E-state index contributed by atoms with van der Waals surface area (Å²) in [6, 6.07) is 0.399. The van der Waals surface area contributed by atoms with E-state index in [0.29, 0.717) is 11.9 Å². The summed E-state index contributed by atoms with van der Waals surface area (Å²) in [6.45, 7) is 2.07. The Morgan fingerprint density at radius 2 is 2.27 bits per heavy atom. The number of rotatable bonds is 1. The Kier molecular flexibility index (Phi) is 2.04. The molecule has 4 nitrogen and oxygen atoms in total. The molecule has 2 aliphatic heterocycles. The third-order valence-corrected chi connectivity index (χ3v) is 4.19. The van der Waals surface area contributed by atoms with Gasteiger partial charge in [0, 0.05) is 25.6 Å². The van der Waals surface area contributed by atoms with E-state index in [1.807, 2.05) is 5.01 Å². The number of hydrogen-bond donors (Lipinski definition) is 1. The summed E-state index contributed by atoms with van der Waals surface area (Å²) in [7, 11) is 2.09. The fraction of sp³-hybridized carbons (Fsp3) is 0.909. The van der Waals surface area contributed by atoms with Crippen molar-refractivity contribution in [3.8, 4) is 0 Å². The molecule has 15 heavy (non-hydrogen) atoms. The molecule has 0 bridgehead atoms. The zero-order valence-electron chi connectivity index (χ0n) is 9.33. The Bertz CT molecular complexity index is 282. The standard InChI is InChI=1S/C11H19N3O/c1-13-11(4-5-11)7-10(15)14(13)9-3-2-6-12-8-9/h9,12H,2-8H2,1H3. The molecule has 1 saturated carbocycles. The maximum Gasteiger partial charge on any atom is 0.239 e. The van der Waals surface area contributed by atoms with Crippen LogP contribution in [-0.4, -0.2) is 47.6 Å². The first kappa shape index (κ1) is 9.60. The summed E-state index contributed by atoms with van der Waals surface area (Å²) in [5.74, 6) is 0.337. The predicted octanol–water partition coefficient (Wildman–Crippen LogP) is 0.350. The maximum absolute atomic E-state index is 12.0. The SMILES string of the molecule is CN1N(C2CCCNC2)C(=O)CC12CC2. The van der Waals surface area contributed by atoms with E-state index in [-0.39, 0.29) is 5.54 Å².